The van der Waals surface area contributed by atoms with E-state index in [1.807, 2.05) is 11.8 Å². The number of nitrogens with zero attached hydrogens (tertiary/aromatic N) is 1. The second-order valence-electron chi connectivity index (χ2n) is 10.2. The molecule has 0 saturated carbocycles. The van der Waals surface area contributed by atoms with Gasteiger partial charge in [-0.15, -0.1) is 0 Å². The van der Waals surface area contributed by atoms with Crippen LogP contribution in [0.4, 0.5) is 17.1 Å². The van der Waals surface area contributed by atoms with Gasteiger partial charge in [-0.3, -0.25) is 0 Å². The molecule has 0 N–H and O–H groups in total. The fraction of sp³-hybridized carbons (Fsp3) is 0. The van der Waals surface area contributed by atoms with Gasteiger partial charge in [0.1, 0.15) is 0 Å². The molecule has 0 aliphatic carbocycles. The van der Waals surface area contributed by atoms with Gasteiger partial charge in [-0.25, -0.2) is 0 Å². The standard InChI is InChI=1S/C38H25NS/c1-3-9-26(10-4-1)30-18-21-35-37(23-30)40-38-24-31(27-11-5-2-6-12-27)19-22-36(38)39(35)32-20-17-29-16-15-28-13-7-8-14-33(28)34(29)25-32/h1-25H. The van der Waals surface area contributed by atoms with Crippen LogP contribution in [0.1, 0.15) is 0 Å². The van der Waals surface area contributed by atoms with Crippen molar-refractivity contribution >= 4 is 50.4 Å². The molecular weight excluding hydrogens is 502 g/mol. The smallest absolute Gasteiger partial charge is 0.0602 e. The van der Waals surface area contributed by atoms with E-state index in [-0.39, 0.29) is 0 Å². The highest BCUT2D eigenvalue weighted by molar-refractivity contribution is 7.99. The van der Waals surface area contributed by atoms with E-state index in [9.17, 15) is 0 Å². The first kappa shape index (κ1) is 23.1. The van der Waals surface area contributed by atoms with Crippen molar-refractivity contribution in [3.05, 3.63) is 152 Å². The molecule has 0 aromatic heterocycles. The number of fused-ring (bicyclic) bond motifs is 5. The van der Waals surface area contributed by atoms with Crippen LogP contribution in [-0.2, 0) is 0 Å². The summed E-state index contributed by atoms with van der Waals surface area (Å²) in [6.07, 6.45) is 0. The first-order chi connectivity index (χ1) is 19.8. The average Bonchev–Trinajstić information content (AvgIpc) is 3.03. The van der Waals surface area contributed by atoms with Crippen LogP contribution in [0, 0.1) is 0 Å². The molecule has 7 aromatic rings. The van der Waals surface area contributed by atoms with E-state index in [4.69, 9.17) is 0 Å². The van der Waals surface area contributed by atoms with Crippen LogP contribution >= 0.6 is 11.8 Å². The molecule has 1 heterocycles. The van der Waals surface area contributed by atoms with E-state index < -0.39 is 0 Å². The summed E-state index contributed by atoms with van der Waals surface area (Å²) in [6, 6.07) is 55.1. The van der Waals surface area contributed by atoms with Crippen LogP contribution in [0.2, 0.25) is 0 Å². The molecule has 0 saturated heterocycles. The lowest BCUT2D eigenvalue weighted by molar-refractivity contribution is 1.17. The van der Waals surface area contributed by atoms with Gasteiger partial charge < -0.3 is 4.90 Å². The van der Waals surface area contributed by atoms with Gasteiger partial charge in [-0.1, -0.05) is 127 Å². The summed E-state index contributed by atoms with van der Waals surface area (Å²) in [5.74, 6) is 0. The summed E-state index contributed by atoms with van der Waals surface area (Å²) >= 11 is 1.86. The fourth-order valence-electron chi connectivity index (χ4n) is 5.84. The summed E-state index contributed by atoms with van der Waals surface area (Å²) in [4.78, 5) is 4.96. The van der Waals surface area contributed by atoms with Crippen LogP contribution in [0.3, 0.4) is 0 Å². The predicted octanol–water partition coefficient (Wildman–Crippen LogP) is 11.3. The number of benzene rings is 7. The van der Waals surface area contributed by atoms with Crippen molar-refractivity contribution in [3.63, 3.8) is 0 Å². The van der Waals surface area contributed by atoms with Crippen LogP contribution in [0.5, 0.6) is 0 Å². The van der Waals surface area contributed by atoms with Crippen molar-refractivity contribution < 1.29 is 0 Å². The van der Waals surface area contributed by atoms with E-state index in [1.165, 1.54) is 70.7 Å². The number of hydrogen-bond donors (Lipinski definition) is 0. The third-order valence-corrected chi connectivity index (χ3v) is 8.92. The Morgan fingerprint density at radius 1 is 0.375 bits per heavy atom. The summed E-state index contributed by atoms with van der Waals surface area (Å²) in [7, 11) is 0. The van der Waals surface area contributed by atoms with Crippen molar-refractivity contribution in [3.8, 4) is 22.3 Å². The molecule has 2 heteroatoms. The van der Waals surface area contributed by atoms with Gasteiger partial charge in [0.25, 0.3) is 0 Å². The third-order valence-electron chi connectivity index (χ3n) is 7.82. The van der Waals surface area contributed by atoms with Crippen LogP contribution in [0.25, 0.3) is 43.8 Å². The second-order valence-corrected chi connectivity index (χ2v) is 11.3. The van der Waals surface area contributed by atoms with Crippen molar-refractivity contribution in [2.45, 2.75) is 9.79 Å². The normalized spacial score (nSPS) is 12.3. The Labute approximate surface area is 238 Å². The van der Waals surface area contributed by atoms with Crippen molar-refractivity contribution in [2.75, 3.05) is 4.90 Å². The molecule has 0 atom stereocenters. The third kappa shape index (κ3) is 3.88. The Hall–Kier alpha value is -4.79. The Bertz CT molecular complexity index is 1940. The summed E-state index contributed by atoms with van der Waals surface area (Å²) < 4.78 is 0. The molecule has 40 heavy (non-hydrogen) atoms. The minimum atomic E-state index is 1.17. The van der Waals surface area contributed by atoms with Gasteiger partial charge in [-0.2, -0.15) is 0 Å². The molecule has 0 radical (unpaired) electrons. The Morgan fingerprint density at radius 2 is 0.900 bits per heavy atom. The van der Waals surface area contributed by atoms with Gasteiger partial charge in [0, 0.05) is 15.5 Å². The molecule has 1 aliphatic heterocycles. The summed E-state index contributed by atoms with van der Waals surface area (Å²) in [5.41, 5.74) is 8.54. The molecule has 1 nitrogen and oxygen atoms in total. The molecule has 8 rings (SSSR count). The molecular formula is C38H25NS. The lowest BCUT2D eigenvalue weighted by Crippen LogP contribution is -2.15. The van der Waals surface area contributed by atoms with Crippen molar-refractivity contribution in [2.24, 2.45) is 0 Å². The van der Waals surface area contributed by atoms with E-state index in [2.05, 4.69) is 157 Å². The lowest BCUT2D eigenvalue weighted by Gasteiger charge is -2.33. The summed E-state index contributed by atoms with van der Waals surface area (Å²) in [5, 5.41) is 5.08. The molecule has 0 bridgehead atoms. The van der Waals surface area contributed by atoms with Crippen molar-refractivity contribution in [1.82, 2.24) is 0 Å². The predicted molar refractivity (Wildman–Crippen MR) is 171 cm³/mol. The van der Waals surface area contributed by atoms with Gasteiger partial charge in [0.05, 0.1) is 11.4 Å². The van der Waals surface area contributed by atoms with E-state index >= 15 is 0 Å². The zero-order valence-corrected chi connectivity index (χ0v) is 22.6. The van der Waals surface area contributed by atoms with E-state index in [1.54, 1.807) is 0 Å². The van der Waals surface area contributed by atoms with Gasteiger partial charge in [0.2, 0.25) is 0 Å². The molecule has 0 spiro atoms. The van der Waals surface area contributed by atoms with Crippen LogP contribution in [0.15, 0.2) is 161 Å². The van der Waals surface area contributed by atoms with Crippen LogP contribution in [-0.4, -0.2) is 0 Å². The quantitative estimate of drug-likeness (QED) is 0.210. The first-order valence-electron chi connectivity index (χ1n) is 13.6. The molecule has 188 valence electrons. The number of rotatable bonds is 3. The monoisotopic (exact) mass is 527 g/mol. The minimum Gasteiger partial charge on any atom is -0.308 e. The maximum atomic E-state index is 2.44. The Kier molecular flexibility index (Phi) is 5.46. The highest BCUT2D eigenvalue weighted by atomic mass is 32.2. The van der Waals surface area contributed by atoms with Gasteiger partial charge >= 0.3 is 0 Å². The lowest BCUT2D eigenvalue weighted by atomic mass is 10.00. The zero-order valence-electron chi connectivity index (χ0n) is 21.8. The molecule has 0 unspecified atom stereocenters. The maximum Gasteiger partial charge on any atom is 0.0602 e. The zero-order chi connectivity index (χ0) is 26.5. The highest BCUT2D eigenvalue weighted by Crippen LogP contribution is 2.53. The Morgan fingerprint density at radius 3 is 1.52 bits per heavy atom. The molecule has 7 aromatic carbocycles. The second kappa shape index (κ2) is 9.44. The Balaban J connectivity index is 1.34. The maximum absolute atomic E-state index is 2.44. The number of hydrogen-bond acceptors (Lipinski definition) is 2. The van der Waals surface area contributed by atoms with Crippen LogP contribution < -0.4 is 4.90 Å². The fourth-order valence-corrected chi connectivity index (χ4v) is 6.97. The summed E-state index contributed by atoms with van der Waals surface area (Å²) in [6.45, 7) is 0. The molecule has 1 aliphatic rings. The topological polar surface area (TPSA) is 3.24 Å². The van der Waals surface area contributed by atoms with Crippen molar-refractivity contribution in [1.29, 1.82) is 0 Å². The number of anilines is 3. The minimum absolute atomic E-state index is 1.17. The first-order valence-corrected chi connectivity index (χ1v) is 14.4. The van der Waals surface area contributed by atoms with E-state index in [0.717, 1.165) is 0 Å². The molecule has 0 amide bonds. The average molecular weight is 528 g/mol. The molecule has 0 fully saturated rings. The SMILES string of the molecule is c1ccc(-c2ccc3c(c2)Sc2cc(-c4ccccc4)ccc2N3c2ccc3ccc4ccccc4c3c2)cc1. The highest BCUT2D eigenvalue weighted by Gasteiger charge is 2.26. The van der Waals surface area contributed by atoms with Gasteiger partial charge in [0.15, 0.2) is 0 Å². The van der Waals surface area contributed by atoms with Gasteiger partial charge in [-0.05, 0) is 80.2 Å². The largest absolute Gasteiger partial charge is 0.308 e. The van der Waals surface area contributed by atoms with E-state index in [0.29, 0.717) is 0 Å².